The molecule has 2 aliphatic rings. The smallest absolute Gasteiger partial charge is 0.408 e. The summed E-state index contributed by atoms with van der Waals surface area (Å²) >= 11 is 0. The number of piperazine rings is 1. The quantitative estimate of drug-likeness (QED) is 0.477. The maximum Gasteiger partial charge on any atom is 0.408 e. The Hall–Kier alpha value is -4.34. The summed E-state index contributed by atoms with van der Waals surface area (Å²) in [4.78, 5) is 59.8. The zero-order valence-electron chi connectivity index (χ0n) is 21.5. The Labute approximate surface area is 220 Å². The van der Waals surface area contributed by atoms with E-state index in [9.17, 15) is 24.3 Å². The number of rotatable bonds is 5. The van der Waals surface area contributed by atoms with Gasteiger partial charge in [0.05, 0.1) is 24.2 Å². The van der Waals surface area contributed by atoms with E-state index in [4.69, 9.17) is 0 Å². The van der Waals surface area contributed by atoms with Crippen molar-refractivity contribution in [2.75, 3.05) is 11.4 Å². The Morgan fingerprint density at radius 2 is 1.76 bits per heavy atom. The fourth-order valence-corrected chi connectivity index (χ4v) is 5.73. The maximum absolute atomic E-state index is 14.0. The Bertz CT molecular complexity index is 1400. The lowest BCUT2D eigenvalue weighted by Gasteiger charge is -2.52. The number of amides is 5. The monoisotopic (exact) mass is 517 g/mol. The summed E-state index contributed by atoms with van der Waals surface area (Å²) in [6.07, 6.45) is 0.836. The van der Waals surface area contributed by atoms with Crippen molar-refractivity contribution >= 4 is 40.5 Å². The largest absolute Gasteiger partial charge is 0.465 e. The van der Waals surface area contributed by atoms with E-state index in [1.54, 1.807) is 51.1 Å². The number of benzene rings is 2. The van der Waals surface area contributed by atoms with Crippen LogP contribution in [-0.2, 0) is 16.0 Å². The van der Waals surface area contributed by atoms with Crippen molar-refractivity contribution in [1.82, 2.24) is 20.1 Å². The number of aromatic nitrogens is 1. The summed E-state index contributed by atoms with van der Waals surface area (Å²) in [5.41, 5.74) is 1.41. The van der Waals surface area contributed by atoms with E-state index in [1.165, 1.54) is 9.80 Å². The molecule has 2 fully saturated rings. The first-order chi connectivity index (χ1) is 18.1. The molecule has 0 spiro atoms. The summed E-state index contributed by atoms with van der Waals surface area (Å²) in [6.45, 7) is 5.48. The van der Waals surface area contributed by atoms with Crippen LogP contribution < -0.4 is 10.2 Å². The van der Waals surface area contributed by atoms with Crippen LogP contribution in [-0.4, -0.2) is 74.0 Å². The number of H-pyrrole nitrogens is 1. The number of carbonyl (C=O) groups is 4. The third-order valence-electron chi connectivity index (χ3n) is 7.33. The number of aromatic amines is 1. The number of imide groups is 1. The summed E-state index contributed by atoms with van der Waals surface area (Å²) in [6, 6.07) is 13.2. The molecule has 3 N–H and O–H groups in total. The highest BCUT2D eigenvalue weighted by molar-refractivity contribution is 6.18. The molecule has 0 saturated carbocycles. The number of nitrogens with zero attached hydrogens (tertiary/aromatic N) is 3. The molecule has 0 unspecified atom stereocenters. The average Bonchev–Trinajstić information content (AvgIpc) is 3.27. The van der Waals surface area contributed by atoms with Crippen LogP contribution in [0.1, 0.15) is 32.8 Å². The molecule has 2 aliphatic heterocycles. The van der Waals surface area contributed by atoms with Gasteiger partial charge in [-0.15, -0.1) is 0 Å². The number of urea groups is 1. The molecule has 38 heavy (non-hydrogen) atoms. The molecular weight excluding hydrogens is 486 g/mol. The van der Waals surface area contributed by atoms with Crippen LogP contribution in [0.15, 0.2) is 60.8 Å². The van der Waals surface area contributed by atoms with E-state index in [0.717, 1.165) is 21.4 Å². The van der Waals surface area contributed by atoms with Gasteiger partial charge in [0.2, 0.25) is 11.8 Å². The summed E-state index contributed by atoms with van der Waals surface area (Å²) in [5, 5.41) is 14.2. The first-order valence-electron chi connectivity index (χ1n) is 12.6. The van der Waals surface area contributed by atoms with Gasteiger partial charge in [0.15, 0.2) is 0 Å². The Morgan fingerprint density at radius 1 is 1.08 bits per heavy atom. The Balaban J connectivity index is 1.61. The predicted octanol–water partition coefficient (Wildman–Crippen LogP) is 3.58. The van der Waals surface area contributed by atoms with E-state index in [-0.39, 0.29) is 13.0 Å². The van der Waals surface area contributed by atoms with Gasteiger partial charge in [-0.25, -0.2) is 14.5 Å². The fraction of sp³-hybridized carbons (Fsp3) is 0.357. The van der Waals surface area contributed by atoms with Crippen LogP contribution in [0.5, 0.6) is 0 Å². The number of carboxylic acid groups (broad SMARTS) is 1. The third-order valence-corrected chi connectivity index (χ3v) is 7.33. The molecule has 2 aromatic carbocycles. The van der Waals surface area contributed by atoms with Crippen LogP contribution in [0.4, 0.5) is 15.3 Å². The zero-order valence-corrected chi connectivity index (χ0v) is 21.5. The molecule has 10 nitrogen and oxygen atoms in total. The minimum atomic E-state index is -1.13. The zero-order chi connectivity index (χ0) is 27.2. The third kappa shape index (κ3) is 4.36. The normalized spacial score (nSPS) is 20.8. The molecule has 2 saturated heterocycles. The fourth-order valence-electron chi connectivity index (χ4n) is 5.73. The minimum absolute atomic E-state index is 0.0603. The maximum atomic E-state index is 14.0. The number of hydrogen-bond acceptors (Lipinski definition) is 4. The highest BCUT2D eigenvalue weighted by Gasteiger charge is 2.52. The lowest BCUT2D eigenvalue weighted by atomic mass is 9.89. The van der Waals surface area contributed by atoms with E-state index in [1.807, 2.05) is 30.5 Å². The number of para-hydroxylation sites is 2. The van der Waals surface area contributed by atoms with Crippen molar-refractivity contribution in [3.8, 4) is 0 Å². The lowest BCUT2D eigenvalue weighted by molar-refractivity contribution is -0.136. The van der Waals surface area contributed by atoms with Crippen molar-refractivity contribution in [1.29, 1.82) is 0 Å². The molecule has 0 aliphatic carbocycles. The molecule has 198 valence electrons. The second-order valence-corrected chi connectivity index (χ2v) is 10.7. The van der Waals surface area contributed by atoms with Crippen LogP contribution in [0.25, 0.3) is 10.9 Å². The SMILES string of the molecule is CC(C)(C)N(C(=O)O)[C@H](Cc1c[nH]c2ccccc12)[C@H]1CNC(=O)[C@@H]2CC(=O)N(c3ccccc3)C(=O)N12. The van der Waals surface area contributed by atoms with Gasteiger partial charge in [-0.2, -0.15) is 0 Å². The molecule has 5 amide bonds. The first-order valence-corrected chi connectivity index (χ1v) is 12.6. The Morgan fingerprint density at radius 3 is 2.45 bits per heavy atom. The molecule has 5 rings (SSSR count). The van der Waals surface area contributed by atoms with Crippen molar-refractivity contribution in [2.45, 2.75) is 57.3 Å². The van der Waals surface area contributed by atoms with E-state index < -0.39 is 47.6 Å². The van der Waals surface area contributed by atoms with Gasteiger partial charge >= 0.3 is 12.1 Å². The summed E-state index contributed by atoms with van der Waals surface area (Å²) in [7, 11) is 0. The van der Waals surface area contributed by atoms with Crippen LogP contribution in [0, 0.1) is 0 Å². The molecular formula is C28H31N5O5. The molecule has 3 aromatic rings. The van der Waals surface area contributed by atoms with E-state index in [2.05, 4.69) is 10.3 Å². The number of anilines is 1. The summed E-state index contributed by atoms with van der Waals surface area (Å²) in [5.74, 6) is -0.892. The molecule has 3 heterocycles. The van der Waals surface area contributed by atoms with Gasteiger partial charge in [-0.1, -0.05) is 36.4 Å². The van der Waals surface area contributed by atoms with Gasteiger partial charge in [0.1, 0.15) is 6.04 Å². The first kappa shape index (κ1) is 25.3. The van der Waals surface area contributed by atoms with Crippen LogP contribution >= 0.6 is 0 Å². The highest BCUT2D eigenvalue weighted by atomic mass is 16.4. The van der Waals surface area contributed by atoms with Crippen LogP contribution in [0.3, 0.4) is 0 Å². The standard InChI is InChI=1S/C28H31N5O5/c1-28(2,3)33(27(37)38)21(13-17-15-29-20-12-8-7-11-19(17)20)23-16-30-25(35)22-14-24(34)31(26(36)32(22)23)18-9-5-4-6-10-18/h4-12,15,21-23,29H,13-14,16H2,1-3H3,(H,30,35)(H,37,38)/t21-,22+,23-/m1/s1. The van der Waals surface area contributed by atoms with Crippen molar-refractivity contribution in [3.63, 3.8) is 0 Å². The lowest BCUT2D eigenvalue weighted by Crippen LogP contribution is -2.74. The number of hydrogen-bond donors (Lipinski definition) is 3. The van der Waals surface area contributed by atoms with Crippen molar-refractivity contribution in [2.24, 2.45) is 0 Å². The number of carbonyl (C=O) groups excluding carboxylic acids is 3. The average molecular weight is 518 g/mol. The molecule has 0 bridgehead atoms. The number of nitrogens with one attached hydrogen (secondary N) is 2. The van der Waals surface area contributed by atoms with E-state index >= 15 is 0 Å². The van der Waals surface area contributed by atoms with Crippen molar-refractivity contribution in [3.05, 3.63) is 66.4 Å². The van der Waals surface area contributed by atoms with E-state index in [0.29, 0.717) is 12.1 Å². The van der Waals surface area contributed by atoms with Crippen molar-refractivity contribution < 1.29 is 24.3 Å². The van der Waals surface area contributed by atoms with Gasteiger partial charge in [0.25, 0.3) is 0 Å². The number of fused-ring (bicyclic) bond motifs is 2. The van der Waals surface area contributed by atoms with Gasteiger partial charge < -0.3 is 20.3 Å². The predicted molar refractivity (Wildman–Crippen MR) is 142 cm³/mol. The molecule has 1 aromatic heterocycles. The highest BCUT2D eigenvalue weighted by Crippen LogP contribution is 2.33. The second-order valence-electron chi connectivity index (χ2n) is 10.7. The second kappa shape index (κ2) is 9.51. The van der Waals surface area contributed by atoms with Gasteiger partial charge in [0, 0.05) is 29.2 Å². The van der Waals surface area contributed by atoms with Crippen LogP contribution in [0.2, 0.25) is 0 Å². The Kier molecular flexibility index (Phi) is 6.34. The molecule has 3 atom stereocenters. The van der Waals surface area contributed by atoms with Gasteiger partial charge in [-0.3, -0.25) is 14.5 Å². The summed E-state index contributed by atoms with van der Waals surface area (Å²) < 4.78 is 0. The topological polar surface area (TPSA) is 126 Å². The molecule has 0 radical (unpaired) electrons. The van der Waals surface area contributed by atoms with Gasteiger partial charge in [-0.05, 0) is 51.0 Å². The molecule has 10 heteroatoms. The minimum Gasteiger partial charge on any atom is -0.465 e.